The smallest absolute Gasteiger partial charge is 0.336 e. The summed E-state index contributed by atoms with van der Waals surface area (Å²) in [5, 5.41) is 18.2. The Labute approximate surface area is 112 Å². The Morgan fingerprint density at radius 2 is 2.05 bits per heavy atom. The molecule has 0 fully saturated rings. The Kier molecular flexibility index (Phi) is 4.67. The minimum Gasteiger partial charge on any atom is -0.479 e. The van der Waals surface area contributed by atoms with Gasteiger partial charge in [0, 0.05) is 0 Å². The lowest BCUT2D eigenvalue weighted by Crippen LogP contribution is -2.46. The molecular weight excluding hydrogens is 270 g/mol. The normalized spacial score (nSPS) is 14.9. The molecular formula is C12H17NO5S. The number of benzene rings is 1. The van der Waals surface area contributed by atoms with Gasteiger partial charge >= 0.3 is 5.97 Å². The predicted octanol–water partition coefficient (Wildman–Crippen LogP) is 0.363. The van der Waals surface area contributed by atoms with E-state index in [1.807, 2.05) is 6.92 Å². The first kappa shape index (κ1) is 15.6. The van der Waals surface area contributed by atoms with Crippen LogP contribution in [-0.2, 0) is 21.2 Å². The van der Waals surface area contributed by atoms with Gasteiger partial charge in [-0.1, -0.05) is 19.1 Å². The first-order valence-corrected chi connectivity index (χ1v) is 7.22. The van der Waals surface area contributed by atoms with Crippen molar-refractivity contribution in [2.75, 3.05) is 6.54 Å². The second-order valence-corrected chi connectivity index (χ2v) is 6.17. The standard InChI is InChI=1S/C12H17NO5S/c1-3-9-5-4-6-10(7-9)19(17,18)13-8-12(2,16)11(14)15/h4-7,13,16H,3,8H2,1-2H3,(H,14,15). The summed E-state index contributed by atoms with van der Waals surface area (Å²) in [5.74, 6) is -1.49. The number of nitrogens with one attached hydrogen (secondary N) is 1. The van der Waals surface area contributed by atoms with E-state index < -0.39 is 28.1 Å². The van der Waals surface area contributed by atoms with Gasteiger partial charge in [-0.25, -0.2) is 17.9 Å². The maximum atomic E-state index is 12.0. The maximum Gasteiger partial charge on any atom is 0.336 e. The molecule has 0 aromatic heterocycles. The van der Waals surface area contributed by atoms with E-state index in [-0.39, 0.29) is 4.90 Å². The Morgan fingerprint density at radius 3 is 2.58 bits per heavy atom. The number of sulfonamides is 1. The van der Waals surface area contributed by atoms with Crippen LogP contribution in [0, 0.1) is 0 Å². The van der Waals surface area contributed by atoms with Crippen LogP contribution in [0.2, 0.25) is 0 Å². The fraction of sp³-hybridized carbons (Fsp3) is 0.417. The molecule has 3 N–H and O–H groups in total. The van der Waals surface area contributed by atoms with Crippen molar-refractivity contribution in [3.63, 3.8) is 0 Å². The van der Waals surface area contributed by atoms with Gasteiger partial charge in [-0.15, -0.1) is 0 Å². The highest BCUT2D eigenvalue weighted by atomic mass is 32.2. The molecule has 1 aromatic rings. The zero-order valence-corrected chi connectivity index (χ0v) is 11.6. The van der Waals surface area contributed by atoms with E-state index in [0.29, 0.717) is 6.42 Å². The molecule has 0 aliphatic heterocycles. The summed E-state index contributed by atoms with van der Waals surface area (Å²) in [6, 6.07) is 6.34. The third-order valence-electron chi connectivity index (χ3n) is 2.68. The zero-order valence-electron chi connectivity index (χ0n) is 10.8. The summed E-state index contributed by atoms with van der Waals surface area (Å²) in [6.07, 6.45) is 0.691. The van der Waals surface area contributed by atoms with Crippen molar-refractivity contribution >= 4 is 16.0 Å². The van der Waals surface area contributed by atoms with Gasteiger partial charge in [0.25, 0.3) is 0 Å². The highest BCUT2D eigenvalue weighted by Gasteiger charge is 2.31. The number of carbonyl (C=O) groups is 1. The van der Waals surface area contributed by atoms with Gasteiger partial charge in [-0.2, -0.15) is 0 Å². The van der Waals surface area contributed by atoms with E-state index in [4.69, 9.17) is 5.11 Å². The van der Waals surface area contributed by atoms with E-state index in [1.54, 1.807) is 12.1 Å². The third kappa shape index (κ3) is 4.02. The topological polar surface area (TPSA) is 104 Å². The molecule has 6 nitrogen and oxygen atoms in total. The van der Waals surface area contributed by atoms with Crippen molar-refractivity contribution in [3.05, 3.63) is 29.8 Å². The summed E-state index contributed by atoms with van der Waals surface area (Å²) in [6.45, 7) is 2.33. The van der Waals surface area contributed by atoms with E-state index in [2.05, 4.69) is 4.72 Å². The van der Waals surface area contributed by atoms with Gasteiger partial charge < -0.3 is 10.2 Å². The van der Waals surface area contributed by atoms with Crippen LogP contribution >= 0.6 is 0 Å². The number of hydrogen-bond donors (Lipinski definition) is 3. The number of hydrogen-bond acceptors (Lipinski definition) is 4. The summed E-state index contributed by atoms with van der Waals surface area (Å²) in [5.41, 5.74) is -1.29. The van der Waals surface area contributed by atoms with E-state index in [9.17, 15) is 18.3 Å². The fourth-order valence-electron chi connectivity index (χ4n) is 1.33. The summed E-state index contributed by atoms with van der Waals surface area (Å²) >= 11 is 0. The highest BCUT2D eigenvalue weighted by Crippen LogP contribution is 2.13. The SMILES string of the molecule is CCc1cccc(S(=O)(=O)NCC(C)(O)C(=O)O)c1. The molecule has 1 rings (SSSR count). The van der Waals surface area contributed by atoms with Crippen molar-refractivity contribution in [1.82, 2.24) is 4.72 Å². The van der Waals surface area contributed by atoms with Crippen LogP contribution in [-0.4, -0.2) is 36.7 Å². The number of aryl methyl sites for hydroxylation is 1. The molecule has 7 heteroatoms. The molecule has 0 amide bonds. The second kappa shape index (κ2) is 5.68. The van der Waals surface area contributed by atoms with Crippen molar-refractivity contribution in [2.24, 2.45) is 0 Å². The maximum absolute atomic E-state index is 12.0. The van der Waals surface area contributed by atoms with Crippen LogP contribution in [0.15, 0.2) is 29.2 Å². The van der Waals surface area contributed by atoms with Crippen LogP contribution in [0.3, 0.4) is 0 Å². The number of rotatable bonds is 6. The Bertz CT molecular complexity index is 565. The van der Waals surface area contributed by atoms with Crippen LogP contribution in [0.25, 0.3) is 0 Å². The Balaban J connectivity index is 2.90. The van der Waals surface area contributed by atoms with Gasteiger partial charge in [0.05, 0.1) is 11.4 Å². The molecule has 19 heavy (non-hydrogen) atoms. The summed E-state index contributed by atoms with van der Waals surface area (Å²) in [7, 11) is -3.83. The average Bonchev–Trinajstić information content (AvgIpc) is 2.36. The first-order chi connectivity index (χ1) is 8.69. The zero-order chi connectivity index (χ0) is 14.7. The molecule has 0 aliphatic carbocycles. The second-order valence-electron chi connectivity index (χ2n) is 4.40. The number of carboxylic acid groups (broad SMARTS) is 1. The number of aliphatic hydroxyl groups is 1. The van der Waals surface area contributed by atoms with Crippen molar-refractivity contribution < 1.29 is 23.4 Å². The largest absolute Gasteiger partial charge is 0.479 e. The van der Waals surface area contributed by atoms with Crippen LogP contribution in [0.4, 0.5) is 0 Å². The lowest BCUT2D eigenvalue weighted by molar-refractivity contribution is -0.155. The molecule has 0 saturated carbocycles. The molecule has 1 unspecified atom stereocenters. The van der Waals surface area contributed by atoms with Crippen molar-refractivity contribution in [1.29, 1.82) is 0 Å². The quantitative estimate of drug-likeness (QED) is 0.701. The van der Waals surface area contributed by atoms with Crippen LogP contribution in [0.5, 0.6) is 0 Å². The molecule has 106 valence electrons. The first-order valence-electron chi connectivity index (χ1n) is 5.73. The lowest BCUT2D eigenvalue weighted by atomic mass is 10.1. The van der Waals surface area contributed by atoms with Gasteiger partial charge in [0.2, 0.25) is 10.0 Å². The number of carboxylic acids is 1. The van der Waals surface area contributed by atoms with Gasteiger partial charge in [0.1, 0.15) is 0 Å². The molecule has 1 aromatic carbocycles. The van der Waals surface area contributed by atoms with E-state index in [0.717, 1.165) is 12.5 Å². The predicted molar refractivity (Wildman–Crippen MR) is 69.3 cm³/mol. The van der Waals surface area contributed by atoms with Crippen molar-refractivity contribution in [3.8, 4) is 0 Å². The van der Waals surface area contributed by atoms with Crippen molar-refractivity contribution in [2.45, 2.75) is 30.8 Å². The van der Waals surface area contributed by atoms with Gasteiger partial charge in [0.15, 0.2) is 5.60 Å². The monoisotopic (exact) mass is 287 g/mol. The van der Waals surface area contributed by atoms with E-state index in [1.165, 1.54) is 12.1 Å². The van der Waals surface area contributed by atoms with Crippen LogP contribution in [0.1, 0.15) is 19.4 Å². The fourth-order valence-corrected chi connectivity index (χ4v) is 2.53. The average molecular weight is 287 g/mol. The molecule has 1 atom stereocenters. The minimum atomic E-state index is -3.83. The van der Waals surface area contributed by atoms with Gasteiger partial charge in [-0.05, 0) is 31.0 Å². The lowest BCUT2D eigenvalue weighted by Gasteiger charge is -2.18. The van der Waals surface area contributed by atoms with Gasteiger partial charge in [-0.3, -0.25) is 0 Å². The third-order valence-corrected chi connectivity index (χ3v) is 4.08. The summed E-state index contributed by atoms with van der Waals surface area (Å²) < 4.78 is 26.0. The molecule has 0 bridgehead atoms. The Hall–Kier alpha value is -1.44. The number of aliphatic carboxylic acids is 1. The Morgan fingerprint density at radius 1 is 1.42 bits per heavy atom. The summed E-state index contributed by atoms with van der Waals surface area (Å²) in [4.78, 5) is 10.7. The molecule has 0 spiro atoms. The van der Waals surface area contributed by atoms with E-state index >= 15 is 0 Å². The van der Waals surface area contributed by atoms with Crippen LogP contribution < -0.4 is 4.72 Å². The highest BCUT2D eigenvalue weighted by molar-refractivity contribution is 7.89. The minimum absolute atomic E-state index is 0.0491. The molecule has 0 heterocycles. The molecule has 0 aliphatic rings. The molecule has 0 radical (unpaired) electrons. The molecule has 0 saturated heterocycles.